The average molecular weight is 437 g/mol. The molecule has 0 aliphatic heterocycles. The van der Waals surface area contributed by atoms with Crippen molar-refractivity contribution in [1.82, 2.24) is 15.0 Å². The van der Waals surface area contributed by atoms with E-state index >= 15 is 0 Å². The monoisotopic (exact) mass is 436 g/mol. The largest absolute Gasteiger partial charge is 0.463 e. The van der Waals surface area contributed by atoms with Gasteiger partial charge in [-0.15, -0.1) is 0 Å². The molecule has 0 unspecified atom stereocenters. The van der Waals surface area contributed by atoms with E-state index < -0.39 is 0 Å². The number of nitrogens with zero attached hydrogens (tertiary/aromatic N) is 4. The molecule has 5 heteroatoms. The minimum absolute atomic E-state index is 0.327. The Morgan fingerprint density at radius 3 is 2.45 bits per heavy atom. The molecule has 0 saturated heterocycles. The van der Waals surface area contributed by atoms with Crippen LogP contribution in [0.3, 0.4) is 0 Å². The molecule has 5 nitrogen and oxygen atoms in total. The van der Waals surface area contributed by atoms with Crippen LogP contribution in [0.2, 0.25) is 0 Å². The summed E-state index contributed by atoms with van der Waals surface area (Å²) >= 11 is 0. The molecule has 0 saturated carbocycles. The van der Waals surface area contributed by atoms with Gasteiger partial charge in [-0.25, -0.2) is 4.98 Å². The summed E-state index contributed by atoms with van der Waals surface area (Å²) in [5.41, 5.74) is 6.98. The van der Waals surface area contributed by atoms with Crippen molar-refractivity contribution in [2.24, 2.45) is 4.99 Å². The molecular weight excluding hydrogens is 408 g/mol. The number of aryl methyl sites for hydroxylation is 3. The predicted octanol–water partition coefficient (Wildman–Crippen LogP) is 5.70. The van der Waals surface area contributed by atoms with E-state index in [9.17, 15) is 0 Å². The first-order valence-corrected chi connectivity index (χ1v) is 11.1. The van der Waals surface area contributed by atoms with Crippen LogP contribution in [0.5, 0.6) is 6.01 Å². The summed E-state index contributed by atoms with van der Waals surface area (Å²) in [4.78, 5) is 18.2. The fraction of sp³-hybridized carbons (Fsp3) is 0.214. The van der Waals surface area contributed by atoms with Crippen molar-refractivity contribution in [2.45, 2.75) is 33.7 Å². The lowest BCUT2D eigenvalue weighted by Crippen LogP contribution is -2.08. The van der Waals surface area contributed by atoms with E-state index in [1.54, 1.807) is 0 Å². The number of aliphatic imine (C=N–C) groups is 1. The van der Waals surface area contributed by atoms with Gasteiger partial charge in [0.2, 0.25) is 0 Å². The molecule has 0 N–H and O–H groups in total. The Morgan fingerprint density at radius 2 is 1.67 bits per heavy atom. The third kappa shape index (κ3) is 6.32. The van der Waals surface area contributed by atoms with E-state index in [-0.39, 0.29) is 0 Å². The van der Waals surface area contributed by atoms with Crippen LogP contribution < -0.4 is 4.74 Å². The Balaban J connectivity index is 1.50. The molecule has 0 atom stereocenters. The first-order chi connectivity index (χ1) is 16.1. The number of benzene rings is 3. The van der Waals surface area contributed by atoms with Crippen LogP contribution in [0.4, 0.5) is 0 Å². The van der Waals surface area contributed by atoms with Gasteiger partial charge in [-0.05, 0) is 43.0 Å². The number of ether oxygens (including phenoxy) is 1. The highest BCUT2D eigenvalue weighted by atomic mass is 16.5. The zero-order valence-corrected chi connectivity index (χ0v) is 19.3. The standard InChI is InChI=1S/C28H28N4O/c1-20-8-7-9-24(16-20)18-29-19-26-30-27(25-10-5-4-6-11-25)32-28(31-26)33-15-14-23-13-12-21(2)22(3)17-23/h4-13,16-18H,14-15,19H2,1-3H3. The van der Waals surface area contributed by atoms with Gasteiger partial charge in [0.05, 0.1) is 13.2 Å². The summed E-state index contributed by atoms with van der Waals surface area (Å²) in [6.45, 7) is 7.16. The Labute approximate surface area is 195 Å². The SMILES string of the molecule is Cc1cccc(C=NCc2nc(OCCc3ccc(C)c(C)c3)nc(-c3ccccc3)n2)c1. The quantitative estimate of drug-likeness (QED) is 0.332. The lowest BCUT2D eigenvalue weighted by atomic mass is 10.0. The van der Waals surface area contributed by atoms with E-state index in [0.29, 0.717) is 30.8 Å². The van der Waals surface area contributed by atoms with Gasteiger partial charge in [0.1, 0.15) is 0 Å². The van der Waals surface area contributed by atoms with Gasteiger partial charge in [-0.2, -0.15) is 9.97 Å². The van der Waals surface area contributed by atoms with Gasteiger partial charge in [0, 0.05) is 18.2 Å². The Hall–Kier alpha value is -3.86. The maximum atomic E-state index is 5.95. The molecule has 1 heterocycles. The summed E-state index contributed by atoms with van der Waals surface area (Å²) in [5, 5.41) is 0. The summed E-state index contributed by atoms with van der Waals surface area (Å²) in [7, 11) is 0. The lowest BCUT2D eigenvalue weighted by Gasteiger charge is -2.09. The van der Waals surface area contributed by atoms with Gasteiger partial charge in [-0.3, -0.25) is 4.99 Å². The Kier molecular flexibility index (Phi) is 7.20. The molecule has 4 aromatic rings. The molecular formula is C28H28N4O. The van der Waals surface area contributed by atoms with Crippen LogP contribution >= 0.6 is 0 Å². The highest BCUT2D eigenvalue weighted by Crippen LogP contribution is 2.18. The maximum Gasteiger partial charge on any atom is 0.320 e. The highest BCUT2D eigenvalue weighted by Gasteiger charge is 2.10. The van der Waals surface area contributed by atoms with Crippen LogP contribution in [0.1, 0.15) is 33.6 Å². The second kappa shape index (κ2) is 10.6. The topological polar surface area (TPSA) is 60.3 Å². The molecule has 0 aliphatic rings. The second-order valence-electron chi connectivity index (χ2n) is 8.12. The normalized spacial score (nSPS) is 11.1. The molecule has 1 aromatic heterocycles. The number of rotatable bonds is 8. The van der Waals surface area contributed by atoms with E-state index in [0.717, 1.165) is 17.5 Å². The number of hydrogen-bond donors (Lipinski definition) is 0. The van der Waals surface area contributed by atoms with Crippen LogP contribution in [0.25, 0.3) is 11.4 Å². The number of aromatic nitrogens is 3. The van der Waals surface area contributed by atoms with Crippen LogP contribution in [0, 0.1) is 20.8 Å². The van der Waals surface area contributed by atoms with Crippen molar-refractivity contribution < 1.29 is 4.74 Å². The minimum Gasteiger partial charge on any atom is -0.463 e. The molecule has 0 radical (unpaired) electrons. The van der Waals surface area contributed by atoms with E-state index in [1.807, 2.05) is 48.7 Å². The van der Waals surface area contributed by atoms with Crippen molar-refractivity contribution in [2.75, 3.05) is 6.61 Å². The lowest BCUT2D eigenvalue weighted by molar-refractivity contribution is 0.294. The van der Waals surface area contributed by atoms with Crippen molar-refractivity contribution in [3.8, 4) is 17.4 Å². The summed E-state index contributed by atoms with van der Waals surface area (Å²) in [6.07, 6.45) is 2.63. The van der Waals surface area contributed by atoms with E-state index in [2.05, 4.69) is 71.0 Å². The third-order valence-corrected chi connectivity index (χ3v) is 5.40. The van der Waals surface area contributed by atoms with Crippen LogP contribution in [-0.4, -0.2) is 27.8 Å². The van der Waals surface area contributed by atoms with Gasteiger partial charge >= 0.3 is 6.01 Å². The van der Waals surface area contributed by atoms with Gasteiger partial charge in [0.25, 0.3) is 0 Å². The fourth-order valence-corrected chi connectivity index (χ4v) is 3.45. The maximum absolute atomic E-state index is 5.95. The van der Waals surface area contributed by atoms with Crippen molar-refractivity contribution in [3.05, 3.63) is 106 Å². The summed E-state index contributed by atoms with van der Waals surface area (Å²) < 4.78 is 5.95. The predicted molar refractivity (Wildman–Crippen MR) is 133 cm³/mol. The van der Waals surface area contributed by atoms with Crippen LogP contribution in [0.15, 0.2) is 77.8 Å². The zero-order chi connectivity index (χ0) is 23.0. The molecule has 0 amide bonds. The minimum atomic E-state index is 0.327. The molecule has 3 aromatic carbocycles. The Bertz CT molecular complexity index is 1250. The average Bonchev–Trinajstić information content (AvgIpc) is 2.82. The molecule has 0 aliphatic carbocycles. The van der Waals surface area contributed by atoms with Crippen molar-refractivity contribution >= 4 is 6.21 Å². The van der Waals surface area contributed by atoms with E-state index in [4.69, 9.17) is 4.74 Å². The molecule has 0 spiro atoms. The van der Waals surface area contributed by atoms with Gasteiger partial charge in [-0.1, -0.05) is 78.4 Å². The van der Waals surface area contributed by atoms with E-state index in [1.165, 1.54) is 22.3 Å². The van der Waals surface area contributed by atoms with Crippen molar-refractivity contribution in [3.63, 3.8) is 0 Å². The fourth-order valence-electron chi connectivity index (χ4n) is 3.45. The first-order valence-electron chi connectivity index (χ1n) is 11.1. The van der Waals surface area contributed by atoms with Crippen molar-refractivity contribution in [1.29, 1.82) is 0 Å². The smallest absolute Gasteiger partial charge is 0.320 e. The second-order valence-corrected chi connectivity index (χ2v) is 8.12. The first kappa shape index (κ1) is 22.3. The third-order valence-electron chi connectivity index (χ3n) is 5.40. The molecule has 4 rings (SSSR count). The number of hydrogen-bond acceptors (Lipinski definition) is 5. The molecule has 166 valence electrons. The molecule has 0 fully saturated rings. The summed E-state index contributed by atoms with van der Waals surface area (Å²) in [5.74, 6) is 1.17. The molecule has 0 bridgehead atoms. The zero-order valence-electron chi connectivity index (χ0n) is 19.3. The van der Waals surface area contributed by atoms with Gasteiger partial charge < -0.3 is 4.74 Å². The summed E-state index contributed by atoms with van der Waals surface area (Å²) in [6, 6.07) is 24.9. The highest BCUT2D eigenvalue weighted by molar-refractivity contribution is 5.79. The molecule has 33 heavy (non-hydrogen) atoms. The van der Waals surface area contributed by atoms with Gasteiger partial charge in [0.15, 0.2) is 11.6 Å². The van der Waals surface area contributed by atoms with Crippen LogP contribution in [-0.2, 0) is 13.0 Å². The Morgan fingerprint density at radius 1 is 0.818 bits per heavy atom.